The van der Waals surface area contributed by atoms with Crippen LogP contribution in [0.5, 0.6) is 0 Å². The zero-order valence-corrected chi connectivity index (χ0v) is 14.9. The van der Waals surface area contributed by atoms with Crippen molar-refractivity contribution in [1.82, 2.24) is 0 Å². The fourth-order valence-electron chi connectivity index (χ4n) is 2.70. The average molecular weight is 372 g/mol. The Bertz CT molecular complexity index is 837. The Morgan fingerprint density at radius 3 is 2.46 bits per heavy atom. The van der Waals surface area contributed by atoms with Gasteiger partial charge in [-0.2, -0.15) is 5.10 Å². The Hall–Kier alpha value is -2.86. The van der Waals surface area contributed by atoms with Crippen molar-refractivity contribution in [3.63, 3.8) is 0 Å². The van der Waals surface area contributed by atoms with Crippen molar-refractivity contribution in [2.24, 2.45) is 10.8 Å². The molecule has 0 saturated carbocycles. The van der Waals surface area contributed by atoms with Crippen molar-refractivity contribution >= 4 is 34.9 Å². The normalized spacial score (nSPS) is 17.5. The number of ether oxygens (including phenoxy) is 1. The van der Waals surface area contributed by atoms with Crippen molar-refractivity contribution in [2.45, 2.75) is 25.5 Å². The zero-order chi connectivity index (χ0) is 18.7. The van der Waals surface area contributed by atoms with E-state index in [2.05, 4.69) is 5.10 Å². The second kappa shape index (κ2) is 7.58. The van der Waals surface area contributed by atoms with E-state index in [1.165, 1.54) is 5.01 Å². The van der Waals surface area contributed by atoms with Crippen LogP contribution in [0.15, 0.2) is 59.7 Å². The monoisotopic (exact) mass is 371 g/mol. The van der Waals surface area contributed by atoms with E-state index in [0.717, 1.165) is 5.56 Å². The molecule has 26 heavy (non-hydrogen) atoms. The number of rotatable bonds is 5. The molecule has 3 rings (SSSR count). The maximum atomic E-state index is 12.5. The number of hydrazone groups is 1. The Labute approximate surface area is 156 Å². The lowest BCUT2D eigenvalue weighted by molar-refractivity contribution is -0.140. The number of esters is 1. The molecular weight excluding hydrogens is 354 g/mol. The Morgan fingerprint density at radius 1 is 1.19 bits per heavy atom. The Morgan fingerprint density at radius 2 is 1.85 bits per heavy atom. The van der Waals surface area contributed by atoms with E-state index in [0.29, 0.717) is 10.7 Å². The summed E-state index contributed by atoms with van der Waals surface area (Å²) >= 11 is 5.87. The molecule has 1 aliphatic rings. The van der Waals surface area contributed by atoms with Crippen LogP contribution in [-0.4, -0.2) is 23.6 Å². The number of amides is 1. The zero-order valence-electron chi connectivity index (χ0n) is 14.1. The molecular formula is C19H18ClN3O3. The van der Waals surface area contributed by atoms with Gasteiger partial charge in [-0.15, -0.1) is 0 Å². The Kier molecular flexibility index (Phi) is 5.23. The number of benzene rings is 2. The molecule has 0 saturated heterocycles. The average Bonchev–Trinajstić information content (AvgIpc) is 3.09. The summed E-state index contributed by atoms with van der Waals surface area (Å²) in [6.07, 6.45) is -0.364. The van der Waals surface area contributed by atoms with Gasteiger partial charge in [-0.05, 0) is 36.8 Å². The summed E-state index contributed by atoms with van der Waals surface area (Å²) < 4.78 is 5.48. The van der Waals surface area contributed by atoms with Crippen LogP contribution >= 0.6 is 11.6 Å². The first kappa shape index (κ1) is 17.9. The molecule has 2 atom stereocenters. The van der Waals surface area contributed by atoms with Crippen molar-refractivity contribution in [3.8, 4) is 0 Å². The third-order valence-electron chi connectivity index (χ3n) is 4.12. The number of nitrogens with two attached hydrogens (primary N) is 1. The van der Waals surface area contributed by atoms with Gasteiger partial charge in [0.05, 0.1) is 5.69 Å². The molecule has 7 heteroatoms. The van der Waals surface area contributed by atoms with Crippen LogP contribution in [0.25, 0.3) is 0 Å². The first-order chi connectivity index (χ1) is 12.5. The van der Waals surface area contributed by atoms with Crippen molar-refractivity contribution in [3.05, 3.63) is 65.2 Å². The fourth-order valence-corrected chi connectivity index (χ4v) is 2.83. The molecule has 0 aromatic heterocycles. The first-order valence-corrected chi connectivity index (χ1v) is 8.51. The molecule has 1 amide bonds. The van der Waals surface area contributed by atoms with Gasteiger partial charge in [0, 0.05) is 11.4 Å². The topological polar surface area (TPSA) is 85.0 Å². The number of primary amides is 1. The molecule has 2 unspecified atom stereocenters. The lowest BCUT2D eigenvalue weighted by Crippen LogP contribution is -2.39. The summed E-state index contributed by atoms with van der Waals surface area (Å²) in [6.45, 7) is 1.76. The molecule has 0 bridgehead atoms. The van der Waals surface area contributed by atoms with E-state index in [-0.39, 0.29) is 12.1 Å². The molecule has 6 nitrogen and oxygen atoms in total. The lowest BCUT2D eigenvalue weighted by atomic mass is 10.1. The SMILES string of the molecule is CC(OC(=O)C1=NN(c2ccccc2)C(C(N)=O)C1)c1ccc(Cl)cc1. The number of carbonyl (C=O) groups excluding carboxylic acids is 2. The summed E-state index contributed by atoms with van der Waals surface area (Å²) in [5, 5.41) is 6.35. The van der Waals surface area contributed by atoms with E-state index in [1.807, 2.05) is 18.2 Å². The lowest BCUT2D eigenvalue weighted by Gasteiger charge is -2.20. The summed E-state index contributed by atoms with van der Waals surface area (Å²) in [5.41, 5.74) is 7.14. The van der Waals surface area contributed by atoms with Gasteiger partial charge in [0.25, 0.3) is 0 Å². The summed E-state index contributed by atoms with van der Waals surface area (Å²) in [7, 11) is 0. The standard InChI is InChI=1S/C19H18ClN3O3/c1-12(13-7-9-14(20)10-8-13)26-19(25)16-11-17(18(21)24)23(22-16)15-5-3-2-4-6-15/h2-10,12,17H,11H2,1H3,(H2,21,24). The number of hydrogen-bond acceptors (Lipinski definition) is 5. The summed E-state index contributed by atoms with van der Waals surface area (Å²) in [5.74, 6) is -1.12. The Balaban J connectivity index is 1.76. The van der Waals surface area contributed by atoms with E-state index >= 15 is 0 Å². The second-order valence-corrected chi connectivity index (χ2v) is 6.38. The molecule has 0 spiro atoms. The minimum Gasteiger partial charge on any atom is -0.453 e. The summed E-state index contributed by atoms with van der Waals surface area (Å²) in [6, 6.07) is 15.4. The minimum absolute atomic E-state index is 0.108. The van der Waals surface area contributed by atoms with Crippen LogP contribution in [0.2, 0.25) is 5.02 Å². The molecule has 2 aromatic rings. The highest BCUT2D eigenvalue weighted by Crippen LogP contribution is 2.26. The number of halogens is 1. The maximum Gasteiger partial charge on any atom is 0.355 e. The van der Waals surface area contributed by atoms with Crippen LogP contribution in [0, 0.1) is 0 Å². The number of hydrogen-bond donors (Lipinski definition) is 1. The van der Waals surface area contributed by atoms with Crippen molar-refractivity contribution in [1.29, 1.82) is 0 Å². The quantitative estimate of drug-likeness (QED) is 0.818. The highest BCUT2D eigenvalue weighted by atomic mass is 35.5. The van der Waals surface area contributed by atoms with Gasteiger partial charge in [0.15, 0.2) is 0 Å². The van der Waals surface area contributed by atoms with Crippen LogP contribution in [0.4, 0.5) is 5.69 Å². The predicted molar refractivity (Wildman–Crippen MR) is 99.9 cm³/mol. The van der Waals surface area contributed by atoms with E-state index in [1.54, 1.807) is 43.3 Å². The highest BCUT2D eigenvalue weighted by molar-refractivity contribution is 6.38. The van der Waals surface area contributed by atoms with Crippen molar-refractivity contribution < 1.29 is 14.3 Å². The molecule has 134 valence electrons. The van der Waals surface area contributed by atoms with Gasteiger partial charge in [-0.3, -0.25) is 9.80 Å². The molecule has 2 aromatic carbocycles. The highest BCUT2D eigenvalue weighted by Gasteiger charge is 2.36. The van der Waals surface area contributed by atoms with Crippen LogP contribution in [0.1, 0.15) is 25.0 Å². The van der Waals surface area contributed by atoms with Gasteiger partial charge < -0.3 is 10.5 Å². The smallest absolute Gasteiger partial charge is 0.355 e. The number of nitrogens with zero attached hydrogens (tertiary/aromatic N) is 2. The number of anilines is 1. The van der Waals surface area contributed by atoms with Gasteiger partial charge in [0.2, 0.25) is 5.91 Å². The third kappa shape index (κ3) is 3.86. The fraction of sp³-hybridized carbons (Fsp3) is 0.211. The van der Waals surface area contributed by atoms with Crippen LogP contribution < -0.4 is 10.7 Å². The molecule has 1 aliphatic heterocycles. The minimum atomic E-state index is -0.717. The molecule has 0 aliphatic carbocycles. The predicted octanol–water partition coefficient (Wildman–Crippen LogP) is 3.06. The molecule has 0 fully saturated rings. The maximum absolute atomic E-state index is 12.5. The third-order valence-corrected chi connectivity index (χ3v) is 4.37. The first-order valence-electron chi connectivity index (χ1n) is 8.13. The van der Waals surface area contributed by atoms with Gasteiger partial charge in [-0.25, -0.2) is 4.79 Å². The van der Waals surface area contributed by atoms with E-state index < -0.39 is 24.0 Å². The van der Waals surface area contributed by atoms with E-state index in [4.69, 9.17) is 22.1 Å². The molecule has 1 heterocycles. The van der Waals surface area contributed by atoms with E-state index in [9.17, 15) is 9.59 Å². The molecule has 0 radical (unpaired) electrons. The van der Waals surface area contributed by atoms with Gasteiger partial charge >= 0.3 is 5.97 Å². The molecule has 2 N–H and O–H groups in total. The number of carbonyl (C=O) groups is 2. The second-order valence-electron chi connectivity index (χ2n) is 5.95. The van der Waals surface area contributed by atoms with Gasteiger partial charge in [0.1, 0.15) is 17.9 Å². The van der Waals surface area contributed by atoms with Crippen LogP contribution in [-0.2, 0) is 14.3 Å². The van der Waals surface area contributed by atoms with Crippen LogP contribution in [0.3, 0.4) is 0 Å². The van der Waals surface area contributed by atoms with Crippen molar-refractivity contribution in [2.75, 3.05) is 5.01 Å². The summed E-state index contributed by atoms with van der Waals surface area (Å²) in [4.78, 5) is 24.3. The van der Waals surface area contributed by atoms with Gasteiger partial charge in [-0.1, -0.05) is 41.9 Å². The largest absolute Gasteiger partial charge is 0.453 e. The number of para-hydroxylation sites is 1.